The summed E-state index contributed by atoms with van der Waals surface area (Å²) in [6.07, 6.45) is 0.866. The van der Waals surface area contributed by atoms with Gasteiger partial charge in [0.2, 0.25) is 23.9 Å². The van der Waals surface area contributed by atoms with Crippen molar-refractivity contribution in [2.24, 2.45) is 0 Å². The average molecular weight is 324 g/mol. The minimum Gasteiger partial charge on any atom is -0.330 e. The summed E-state index contributed by atoms with van der Waals surface area (Å²) in [5.41, 5.74) is 3.35. The first kappa shape index (κ1) is 15.4. The van der Waals surface area contributed by atoms with Gasteiger partial charge in [-0.05, 0) is 24.3 Å². The summed E-state index contributed by atoms with van der Waals surface area (Å²) in [6.45, 7) is 0. The van der Waals surface area contributed by atoms with Crippen molar-refractivity contribution in [1.29, 1.82) is 0 Å². The molecule has 0 aromatic heterocycles. The van der Waals surface area contributed by atoms with E-state index in [1.807, 2.05) is 0 Å². The fourth-order valence-corrected chi connectivity index (χ4v) is 5.46. The van der Waals surface area contributed by atoms with E-state index in [0.717, 1.165) is 6.20 Å². The van der Waals surface area contributed by atoms with Crippen LogP contribution in [0.25, 0.3) is 0 Å². The topological polar surface area (TPSA) is 95.9 Å². The molecule has 0 spiro atoms. The quantitative estimate of drug-likeness (QED) is 0.906. The Bertz CT molecular complexity index is 784. The molecular weight excluding hydrogens is 310 g/mol. The number of benzene rings is 2. The Labute approximate surface area is 123 Å². The molecule has 21 heavy (non-hydrogen) atoms. The highest BCUT2D eigenvalue weighted by atomic mass is 32.3. The van der Waals surface area contributed by atoms with Crippen LogP contribution in [0.2, 0.25) is 0 Å². The third-order valence-corrected chi connectivity index (χ3v) is 7.30. The molecule has 0 aliphatic rings. The maximum Gasteiger partial charge on any atom is 0.223 e. The van der Waals surface area contributed by atoms with E-state index in [1.165, 1.54) is 48.5 Å². The van der Waals surface area contributed by atoms with Crippen LogP contribution in [0.15, 0.2) is 80.9 Å². The molecule has 0 radical (unpaired) electrons. The second-order valence-corrected chi connectivity index (χ2v) is 8.25. The zero-order valence-electron chi connectivity index (χ0n) is 11.0. The maximum atomic E-state index is 12.5. The van der Waals surface area contributed by atoms with E-state index < -0.39 is 23.9 Å². The molecule has 7 heteroatoms. The summed E-state index contributed by atoms with van der Waals surface area (Å²) in [6, 6.07) is 14.8. The molecule has 0 fully saturated rings. The Kier molecular flexibility index (Phi) is 4.26. The summed E-state index contributed by atoms with van der Waals surface area (Å²) in [5.74, 6) is 0. The molecule has 2 rings (SSSR count). The van der Waals surface area contributed by atoms with Crippen LogP contribution in [0.5, 0.6) is 0 Å². The van der Waals surface area contributed by atoms with Crippen LogP contribution in [0.4, 0.5) is 0 Å². The van der Waals surface area contributed by atoms with Crippen molar-refractivity contribution < 1.29 is 22.6 Å². The molecule has 0 amide bonds. The van der Waals surface area contributed by atoms with Gasteiger partial charge in [-0.2, -0.15) is 0 Å². The van der Waals surface area contributed by atoms with Crippen LogP contribution in [0.1, 0.15) is 0 Å². The van der Waals surface area contributed by atoms with E-state index in [1.54, 1.807) is 12.1 Å². The van der Waals surface area contributed by atoms with E-state index in [9.17, 15) is 16.8 Å². The monoisotopic (exact) mass is 324 g/mol. The van der Waals surface area contributed by atoms with E-state index in [2.05, 4.69) is 5.73 Å². The van der Waals surface area contributed by atoms with Gasteiger partial charge in [0.05, 0.1) is 9.79 Å². The van der Waals surface area contributed by atoms with Gasteiger partial charge in [0.15, 0.2) is 0 Å². The normalized spacial score (nSPS) is 11.9. The lowest BCUT2D eigenvalue weighted by Crippen LogP contribution is -2.42. The second-order valence-electron chi connectivity index (χ2n) is 4.16. The molecule has 0 bridgehead atoms. The van der Waals surface area contributed by atoms with Gasteiger partial charge in [-0.25, -0.2) is 16.8 Å². The van der Waals surface area contributed by atoms with Crippen LogP contribution in [-0.4, -0.2) is 16.8 Å². The number of rotatable bonds is 4. The minimum atomic E-state index is -4.15. The van der Waals surface area contributed by atoms with Crippen LogP contribution >= 0.6 is 0 Å². The Balaban J connectivity index is 2.62. The third-order valence-electron chi connectivity index (χ3n) is 2.80. The predicted molar refractivity (Wildman–Crippen MR) is 78.2 cm³/mol. The molecule has 0 heterocycles. The van der Waals surface area contributed by atoms with Gasteiger partial charge in [0.25, 0.3) is 0 Å². The van der Waals surface area contributed by atoms with Gasteiger partial charge < -0.3 is 5.73 Å². The van der Waals surface area contributed by atoms with Gasteiger partial charge in [-0.15, -0.1) is 0 Å². The fraction of sp³-hybridized carbons (Fsp3) is 0. The molecule has 0 aliphatic heterocycles. The Morgan fingerprint density at radius 3 is 1.33 bits per heavy atom. The van der Waals surface area contributed by atoms with Crippen molar-refractivity contribution in [2.45, 2.75) is 9.79 Å². The van der Waals surface area contributed by atoms with Crippen LogP contribution in [0, 0.1) is 0 Å². The van der Waals surface area contributed by atoms with E-state index in [0.29, 0.717) is 0 Å². The molecule has 0 saturated carbocycles. The second kappa shape index (κ2) is 5.80. The molecule has 5 nitrogen and oxygen atoms in total. The van der Waals surface area contributed by atoms with Crippen molar-refractivity contribution in [3.05, 3.63) is 71.1 Å². The SMILES string of the molecule is [NH3+]C=C(S(=O)(=O)c1ccccc1)S(=O)(=O)c1ccccc1. The van der Waals surface area contributed by atoms with Crippen LogP contribution < -0.4 is 5.73 Å². The lowest BCUT2D eigenvalue weighted by atomic mass is 10.4. The Morgan fingerprint density at radius 1 is 0.714 bits per heavy atom. The lowest BCUT2D eigenvalue weighted by molar-refractivity contribution is -0.274. The summed E-state index contributed by atoms with van der Waals surface area (Å²) < 4.78 is 49.3. The van der Waals surface area contributed by atoms with Gasteiger partial charge in [-0.1, -0.05) is 36.4 Å². The first-order valence-electron chi connectivity index (χ1n) is 6.00. The average Bonchev–Trinajstić information content (AvgIpc) is 2.49. The van der Waals surface area contributed by atoms with E-state index in [4.69, 9.17) is 0 Å². The molecule has 2 aromatic carbocycles. The third kappa shape index (κ3) is 2.90. The first-order chi connectivity index (χ1) is 9.90. The van der Waals surface area contributed by atoms with Gasteiger partial charge in [0, 0.05) is 0 Å². The van der Waals surface area contributed by atoms with Crippen molar-refractivity contribution in [2.75, 3.05) is 0 Å². The largest absolute Gasteiger partial charge is 0.330 e. The van der Waals surface area contributed by atoms with Crippen LogP contribution in [-0.2, 0) is 19.7 Å². The Morgan fingerprint density at radius 2 is 1.05 bits per heavy atom. The van der Waals surface area contributed by atoms with Crippen molar-refractivity contribution in [1.82, 2.24) is 0 Å². The highest BCUT2D eigenvalue weighted by Crippen LogP contribution is 2.27. The number of sulfone groups is 2. The summed E-state index contributed by atoms with van der Waals surface area (Å²) in [4.78, 5) is -0.168. The molecule has 0 aliphatic carbocycles. The lowest BCUT2D eigenvalue weighted by Gasteiger charge is -2.08. The van der Waals surface area contributed by atoms with Crippen molar-refractivity contribution in [3.8, 4) is 0 Å². The highest BCUT2D eigenvalue weighted by molar-refractivity contribution is 8.14. The summed E-state index contributed by atoms with van der Waals surface area (Å²) in [5, 5.41) is 0. The highest BCUT2D eigenvalue weighted by Gasteiger charge is 2.34. The number of hydrogen-bond donors (Lipinski definition) is 1. The fourth-order valence-electron chi connectivity index (χ4n) is 1.80. The van der Waals surface area contributed by atoms with Gasteiger partial charge in [0.1, 0.15) is 6.20 Å². The number of hydrogen-bond acceptors (Lipinski definition) is 4. The van der Waals surface area contributed by atoms with E-state index >= 15 is 0 Å². The van der Waals surface area contributed by atoms with Crippen LogP contribution in [0.3, 0.4) is 0 Å². The first-order valence-corrected chi connectivity index (χ1v) is 8.97. The molecule has 0 unspecified atom stereocenters. The van der Waals surface area contributed by atoms with Crippen molar-refractivity contribution in [3.63, 3.8) is 0 Å². The van der Waals surface area contributed by atoms with Gasteiger partial charge in [-0.3, -0.25) is 0 Å². The summed E-state index contributed by atoms with van der Waals surface area (Å²) >= 11 is 0. The molecular formula is C14H14NO4S2+. The zero-order chi connectivity index (χ0) is 15.5. The minimum absolute atomic E-state index is 0.0839. The molecule has 0 atom stereocenters. The molecule has 3 N–H and O–H groups in total. The van der Waals surface area contributed by atoms with E-state index in [-0.39, 0.29) is 9.79 Å². The molecule has 2 aromatic rings. The standard InChI is InChI=1S/C14H13NO4S2/c15-11-14(20(16,17)12-7-3-1-4-8-12)21(18,19)13-9-5-2-6-10-13/h1-11H,15H2/p+1. The smallest absolute Gasteiger partial charge is 0.223 e. The molecule has 0 saturated heterocycles. The number of quaternary nitrogens is 1. The maximum absolute atomic E-state index is 12.5. The predicted octanol–water partition coefficient (Wildman–Crippen LogP) is 0.975. The summed E-state index contributed by atoms with van der Waals surface area (Å²) in [7, 11) is -8.29. The Hall–Kier alpha value is -1.96. The van der Waals surface area contributed by atoms with Crippen molar-refractivity contribution >= 4 is 19.7 Å². The van der Waals surface area contributed by atoms with Gasteiger partial charge >= 0.3 is 0 Å². The molecule has 110 valence electrons. The zero-order valence-corrected chi connectivity index (χ0v) is 12.6.